The van der Waals surface area contributed by atoms with E-state index < -0.39 is 0 Å². The van der Waals surface area contributed by atoms with Gasteiger partial charge in [0.2, 0.25) is 5.16 Å². The van der Waals surface area contributed by atoms with Gasteiger partial charge in [0.05, 0.1) is 9.77 Å². The molecule has 0 saturated carbocycles. The highest BCUT2D eigenvalue weighted by Gasteiger charge is 2.22. The van der Waals surface area contributed by atoms with E-state index in [1.54, 1.807) is 24.3 Å². The highest BCUT2D eigenvalue weighted by atomic mass is 35.5. The molecule has 3 heterocycles. The Hall–Kier alpha value is -3.72. The van der Waals surface area contributed by atoms with Crippen molar-refractivity contribution < 1.29 is 4.39 Å². The molecule has 5 nitrogen and oxygen atoms in total. The molecule has 0 spiro atoms. The van der Waals surface area contributed by atoms with Crippen molar-refractivity contribution in [2.24, 2.45) is 0 Å². The molecule has 0 unspecified atom stereocenters. The Labute approximate surface area is 218 Å². The Kier molecular flexibility index (Phi) is 5.92. The van der Waals surface area contributed by atoms with Crippen molar-refractivity contribution in [2.45, 2.75) is 10.1 Å². The summed E-state index contributed by atoms with van der Waals surface area (Å²) >= 11 is 9.09. The summed E-state index contributed by atoms with van der Waals surface area (Å²) in [7, 11) is 0. The lowest BCUT2D eigenvalue weighted by Crippen LogP contribution is -2.11. The van der Waals surface area contributed by atoms with Gasteiger partial charge in [-0.05, 0) is 71.2 Å². The van der Waals surface area contributed by atoms with Gasteiger partial charge in [0.1, 0.15) is 5.82 Å². The zero-order valence-corrected chi connectivity index (χ0v) is 20.9. The molecule has 0 saturated heterocycles. The summed E-state index contributed by atoms with van der Waals surface area (Å²) in [6, 6.07) is 25.1. The number of pyridine rings is 1. The van der Waals surface area contributed by atoms with E-state index in [1.807, 2.05) is 58.5 Å². The fourth-order valence-electron chi connectivity index (χ4n) is 4.05. The first-order valence-electron chi connectivity index (χ1n) is 10.9. The van der Waals surface area contributed by atoms with E-state index in [4.69, 9.17) is 11.6 Å². The minimum absolute atomic E-state index is 0.250. The summed E-state index contributed by atoms with van der Waals surface area (Å²) < 4.78 is 15.6. The number of rotatable bonds is 5. The maximum Gasteiger partial charge on any atom is 0.263 e. The van der Waals surface area contributed by atoms with Crippen molar-refractivity contribution in [1.29, 1.82) is 0 Å². The van der Waals surface area contributed by atoms with E-state index in [1.165, 1.54) is 35.2 Å². The summed E-state index contributed by atoms with van der Waals surface area (Å²) in [5, 5.41) is 12.7. The number of hydrogen-bond acceptors (Lipinski definition) is 5. The van der Waals surface area contributed by atoms with Gasteiger partial charge < -0.3 is 4.98 Å². The number of H-pyrrole nitrogens is 1. The second-order valence-electron chi connectivity index (χ2n) is 7.91. The largest absolute Gasteiger partial charge is 0.321 e. The molecule has 0 bridgehead atoms. The van der Waals surface area contributed by atoms with E-state index >= 15 is 0 Å². The Balaban J connectivity index is 1.59. The molecule has 6 aromatic rings. The van der Waals surface area contributed by atoms with Crippen molar-refractivity contribution in [1.82, 2.24) is 19.7 Å². The number of aromatic amines is 1. The van der Waals surface area contributed by atoms with Crippen LogP contribution in [0, 0.1) is 5.82 Å². The maximum absolute atomic E-state index is 13.7. The Morgan fingerprint density at radius 3 is 2.50 bits per heavy atom. The third kappa shape index (κ3) is 4.13. The monoisotopic (exact) mass is 530 g/mol. The minimum Gasteiger partial charge on any atom is -0.321 e. The molecule has 0 atom stereocenters. The van der Waals surface area contributed by atoms with Gasteiger partial charge in [-0.15, -0.1) is 21.5 Å². The number of nitrogens with zero attached hydrogens (tertiary/aromatic N) is 3. The lowest BCUT2D eigenvalue weighted by molar-refractivity contribution is 0.627. The van der Waals surface area contributed by atoms with Gasteiger partial charge in [0.25, 0.3) is 5.56 Å². The number of benzene rings is 3. The second kappa shape index (κ2) is 9.39. The molecule has 0 aliphatic carbocycles. The predicted octanol–water partition coefficient (Wildman–Crippen LogP) is 7.45. The zero-order valence-electron chi connectivity index (χ0n) is 18.5. The third-order valence-corrected chi connectivity index (χ3v) is 7.79. The zero-order chi connectivity index (χ0) is 24.6. The van der Waals surface area contributed by atoms with E-state index in [-0.39, 0.29) is 11.4 Å². The molecule has 0 aliphatic heterocycles. The lowest BCUT2D eigenvalue weighted by Gasteiger charge is -2.14. The normalized spacial score (nSPS) is 11.3. The molecule has 0 fully saturated rings. The third-order valence-electron chi connectivity index (χ3n) is 5.65. The van der Waals surface area contributed by atoms with Crippen LogP contribution in [-0.2, 0) is 0 Å². The number of aromatic nitrogens is 4. The molecular formula is C27H16ClFN4OS2. The topological polar surface area (TPSA) is 63.6 Å². The minimum atomic E-state index is -0.340. The molecule has 3 aromatic heterocycles. The summed E-state index contributed by atoms with van der Waals surface area (Å²) in [5.74, 6) is 0.272. The van der Waals surface area contributed by atoms with Crippen LogP contribution >= 0.6 is 34.7 Å². The standard InChI is InChI=1S/C27H16ClFN4OS2/c28-17-8-13-21-20(15-17)23(16-5-2-1-3-6-16)24(26(34)30-21)36-27-32-31-25(22-7-4-14-35-22)33(27)19-11-9-18(29)10-12-19/h1-15H,(H,30,34). The molecule has 0 aliphatic rings. The molecule has 36 heavy (non-hydrogen) atoms. The van der Waals surface area contributed by atoms with Crippen LogP contribution in [-0.4, -0.2) is 19.7 Å². The van der Waals surface area contributed by atoms with Gasteiger partial charge in [-0.25, -0.2) is 4.39 Å². The van der Waals surface area contributed by atoms with Crippen LogP contribution in [0.1, 0.15) is 0 Å². The highest BCUT2D eigenvalue weighted by molar-refractivity contribution is 7.99. The van der Waals surface area contributed by atoms with Crippen molar-refractivity contribution in [3.8, 4) is 27.5 Å². The summed E-state index contributed by atoms with van der Waals surface area (Å²) in [4.78, 5) is 17.8. The SMILES string of the molecule is O=c1[nH]c2ccc(Cl)cc2c(-c2ccccc2)c1Sc1nnc(-c2cccs2)n1-c1ccc(F)cc1. The highest BCUT2D eigenvalue weighted by Crippen LogP contribution is 2.40. The maximum atomic E-state index is 13.7. The molecule has 176 valence electrons. The Morgan fingerprint density at radius 2 is 1.75 bits per heavy atom. The van der Waals surface area contributed by atoms with Crippen LogP contribution in [0.4, 0.5) is 4.39 Å². The Morgan fingerprint density at radius 1 is 0.944 bits per heavy atom. The summed E-state index contributed by atoms with van der Waals surface area (Å²) in [6.07, 6.45) is 0. The average molecular weight is 531 g/mol. The van der Waals surface area contributed by atoms with Crippen LogP contribution in [0.5, 0.6) is 0 Å². The van der Waals surface area contributed by atoms with E-state index in [9.17, 15) is 9.18 Å². The van der Waals surface area contributed by atoms with Crippen LogP contribution in [0.15, 0.2) is 105 Å². The van der Waals surface area contributed by atoms with Crippen molar-refractivity contribution in [3.63, 3.8) is 0 Å². The number of nitrogens with one attached hydrogen (secondary N) is 1. The molecule has 1 N–H and O–H groups in total. The van der Waals surface area contributed by atoms with Gasteiger partial charge in [0, 0.05) is 27.2 Å². The fraction of sp³-hybridized carbons (Fsp3) is 0. The van der Waals surface area contributed by atoms with Gasteiger partial charge in [0.15, 0.2) is 5.82 Å². The van der Waals surface area contributed by atoms with Crippen molar-refractivity contribution >= 4 is 45.6 Å². The van der Waals surface area contributed by atoms with Gasteiger partial charge in [-0.3, -0.25) is 9.36 Å². The number of hydrogen-bond donors (Lipinski definition) is 1. The number of halogens is 2. The molecule has 9 heteroatoms. The van der Waals surface area contributed by atoms with Crippen LogP contribution in [0.25, 0.3) is 38.4 Å². The van der Waals surface area contributed by atoms with Gasteiger partial charge >= 0.3 is 0 Å². The summed E-state index contributed by atoms with van der Waals surface area (Å²) in [5.41, 5.74) is 2.76. The first-order valence-corrected chi connectivity index (χ1v) is 13.0. The van der Waals surface area contributed by atoms with Crippen molar-refractivity contribution in [3.05, 3.63) is 112 Å². The summed E-state index contributed by atoms with van der Waals surface area (Å²) in [6.45, 7) is 0. The molecular weight excluding hydrogens is 515 g/mol. The van der Waals surface area contributed by atoms with E-state index in [2.05, 4.69) is 15.2 Å². The van der Waals surface area contributed by atoms with Crippen LogP contribution in [0.3, 0.4) is 0 Å². The average Bonchev–Trinajstić information content (AvgIpc) is 3.56. The lowest BCUT2D eigenvalue weighted by atomic mass is 10.0. The van der Waals surface area contributed by atoms with Gasteiger partial charge in [-0.2, -0.15) is 0 Å². The van der Waals surface area contributed by atoms with E-state index in [0.29, 0.717) is 32.1 Å². The predicted molar refractivity (Wildman–Crippen MR) is 144 cm³/mol. The molecule has 3 aromatic carbocycles. The second-order valence-corrected chi connectivity index (χ2v) is 10.3. The number of thiophene rings is 1. The number of fused-ring (bicyclic) bond motifs is 1. The fourth-order valence-corrected chi connectivity index (χ4v) is 5.94. The smallest absolute Gasteiger partial charge is 0.263 e. The Bertz CT molecular complexity index is 1750. The van der Waals surface area contributed by atoms with Crippen LogP contribution < -0.4 is 5.56 Å². The van der Waals surface area contributed by atoms with Crippen LogP contribution in [0.2, 0.25) is 5.02 Å². The van der Waals surface area contributed by atoms with Crippen molar-refractivity contribution in [2.75, 3.05) is 0 Å². The first-order chi connectivity index (χ1) is 17.6. The molecule has 6 rings (SSSR count). The molecule has 0 radical (unpaired) electrons. The molecule has 0 amide bonds. The van der Waals surface area contributed by atoms with E-state index in [0.717, 1.165) is 21.4 Å². The first kappa shape index (κ1) is 22.7. The quantitative estimate of drug-likeness (QED) is 0.251. The van der Waals surface area contributed by atoms with Gasteiger partial charge in [-0.1, -0.05) is 48.0 Å².